The summed E-state index contributed by atoms with van der Waals surface area (Å²) in [6.45, 7) is 8.81. The molecule has 0 aromatic rings. The second kappa shape index (κ2) is 6.62. The van der Waals surface area contributed by atoms with E-state index in [9.17, 15) is 4.79 Å². The van der Waals surface area contributed by atoms with Gasteiger partial charge in [0.05, 0.1) is 0 Å². The molecule has 1 N–H and O–H groups in total. The second-order valence-electron chi connectivity index (χ2n) is 4.20. The molecule has 1 rings (SSSR count). The van der Waals surface area contributed by atoms with Crippen molar-refractivity contribution < 1.29 is 4.79 Å². The molecule has 0 aliphatic carbocycles. The summed E-state index contributed by atoms with van der Waals surface area (Å²) < 4.78 is 0. The van der Waals surface area contributed by atoms with E-state index in [0.717, 1.165) is 32.5 Å². The minimum absolute atomic E-state index is 0.197. The lowest BCUT2D eigenvalue weighted by atomic mass is 10.1. The Morgan fingerprint density at radius 3 is 3.13 bits per heavy atom. The van der Waals surface area contributed by atoms with Gasteiger partial charge in [0.15, 0.2) is 0 Å². The van der Waals surface area contributed by atoms with Gasteiger partial charge in [-0.3, -0.25) is 9.69 Å². The number of nitrogens with one attached hydrogen (secondary N) is 1. The minimum Gasteiger partial charge on any atom is -0.352 e. The first-order valence-corrected chi connectivity index (χ1v) is 5.89. The van der Waals surface area contributed by atoms with Crippen LogP contribution in [-0.2, 0) is 4.79 Å². The van der Waals surface area contributed by atoms with Crippen LogP contribution >= 0.6 is 0 Å². The first kappa shape index (κ1) is 12.2. The van der Waals surface area contributed by atoms with Crippen molar-refractivity contribution >= 4 is 5.91 Å². The lowest BCUT2D eigenvalue weighted by molar-refractivity contribution is -0.122. The minimum atomic E-state index is 0.197. The monoisotopic (exact) mass is 210 g/mol. The number of carbonyl (C=O) groups excluding carboxylic acids is 1. The van der Waals surface area contributed by atoms with E-state index in [-0.39, 0.29) is 5.91 Å². The van der Waals surface area contributed by atoms with Crippen molar-refractivity contribution in [2.75, 3.05) is 19.6 Å². The predicted octanol–water partition coefficient (Wildman–Crippen LogP) is 1.55. The number of nitrogens with zero attached hydrogens (tertiary/aromatic N) is 1. The fourth-order valence-corrected chi connectivity index (χ4v) is 2.05. The van der Waals surface area contributed by atoms with Crippen molar-refractivity contribution in [3.05, 3.63) is 12.7 Å². The van der Waals surface area contributed by atoms with Gasteiger partial charge >= 0.3 is 0 Å². The Morgan fingerprint density at radius 2 is 2.47 bits per heavy atom. The molecule has 3 heteroatoms. The van der Waals surface area contributed by atoms with Crippen LogP contribution in [0.3, 0.4) is 0 Å². The van der Waals surface area contributed by atoms with Crippen LogP contribution in [0.5, 0.6) is 0 Å². The summed E-state index contributed by atoms with van der Waals surface area (Å²) in [7, 11) is 0. The van der Waals surface area contributed by atoms with E-state index >= 15 is 0 Å². The van der Waals surface area contributed by atoms with Gasteiger partial charge in [0.2, 0.25) is 5.91 Å². The van der Waals surface area contributed by atoms with Gasteiger partial charge in [-0.2, -0.15) is 0 Å². The van der Waals surface area contributed by atoms with E-state index in [1.165, 1.54) is 6.42 Å². The molecule has 0 saturated carbocycles. The van der Waals surface area contributed by atoms with E-state index in [1.54, 1.807) is 0 Å². The highest BCUT2D eigenvalue weighted by Gasteiger charge is 2.19. The third-order valence-corrected chi connectivity index (χ3v) is 2.73. The maximum absolute atomic E-state index is 11.4. The average Bonchev–Trinajstić information content (AvgIpc) is 2.19. The van der Waals surface area contributed by atoms with Crippen molar-refractivity contribution in [1.82, 2.24) is 10.2 Å². The van der Waals surface area contributed by atoms with Crippen LogP contribution in [0.25, 0.3) is 0 Å². The fourth-order valence-electron chi connectivity index (χ4n) is 2.05. The molecule has 0 radical (unpaired) electrons. The molecule has 1 aliphatic rings. The van der Waals surface area contributed by atoms with Gasteiger partial charge in [0.1, 0.15) is 0 Å². The maximum atomic E-state index is 11.4. The third kappa shape index (κ3) is 4.47. The van der Waals surface area contributed by atoms with Crippen LogP contribution < -0.4 is 5.32 Å². The van der Waals surface area contributed by atoms with Gasteiger partial charge < -0.3 is 5.32 Å². The molecule has 0 spiro atoms. The molecule has 1 fully saturated rings. The normalized spacial score (nSPS) is 22.3. The van der Waals surface area contributed by atoms with Crippen molar-refractivity contribution in [3.63, 3.8) is 0 Å². The summed E-state index contributed by atoms with van der Waals surface area (Å²) in [5.41, 5.74) is 0. The Hall–Kier alpha value is -0.830. The lowest BCUT2D eigenvalue weighted by Gasteiger charge is -2.32. The van der Waals surface area contributed by atoms with Crippen LogP contribution in [0.1, 0.15) is 32.6 Å². The number of hydrogen-bond donors (Lipinski definition) is 1. The summed E-state index contributed by atoms with van der Waals surface area (Å²) >= 11 is 0. The molecule has 1 amide bonds. The highest BCUT2D eigenvalue weighted by atomic mass is 16.1. The molecular formula is C12H22N2O. The Kier molecular flexibility index (Phi) is 5.40. The standard InChI is InChI=1S/C12H22N2O/c1-3-6-12(15)13-11-7-5-9-14(10-11)8-4-2/h4,11H,2-3,5-10H2,1H3,(H,13,15). The van der Waals surface area contributed by atoms with Gasteiger partial charge in [-0.15, -0.1) is 6.58 Å². The summed E-state index contributed by atoms with van der Waals surface area (Å²) in [6.07, 6.45) is 5.79. The Bertz CT molecular complexity index is 216. The Balaban J connectivity index is 2.29. The summed E-state index contributed by atoms with van der Waals surface area (Å²) in [4.78, 5) is 13.8. The number of rotatable bonds is 5. The van der Waals surface area contributed by atoms with E-state index in [1.807, 2.05) is 13.0 Å². The van der Waals surface area contributed by atoms with Gasteiger partial charge in [-0.25, -0.2) is 0 Å². The van der Waals surface area contributed by atoms with Gasteiger partial charge in [0.25, 0.3) is 0 Å². The molecule has 0 bridgehead atoms. The topological polar surface area (TPSA) is 32.3 Å². The zero-order valence-corrected chi connectivity index (χ0v) is 9.67. The van der Waals surface area contributed by atoms with Crippen molar-refractivity contribution in [2.24, 2.45) is 0 Å². The quantitative estimate of drug-likeness (QED) is 0.698. The van der Waals surface area contributed by atoms with Crippen LogP contribution in [0, 0.1) is 0 Å². The fraction of sp³-hybridized carbons (Fsp3) is 0.750. The highest BCUT2D eigenvalue weighted by molar-refractivity contribution is 5.76. The van der Waals surface area contributed by atoms with Crippen LogP contribution in [0.2, 0.25) is 0 Å². The Labute approximate surface area is 92.5 Å². The molecular weight excluding hydrogens is 188 g/mol. The second-order valence-corrected chi connectivity index (χ2v) is 4.20. The van der Waals surface area contributed by atoms with E-state index in [0.29, 0.717) is 12.5 Å². The average molecular weight is 210 g/mol. The molecule has 1 unspecified atom stereocenters. The summed E-state index contributed by atoms with van der Waals surface area (Å²) in [5.74, 6) is 0.197. The zero-order valence-electron chi connectivity index (χ0n) is 9.67. The van der Waals surface area contributed by atoms with Gasteiger partial charge in [0, 0.05) is 25.6 Å². The van der Waals surface area contributed by atoms with E-state index in [4.69, 9.17) is 0 Å². The van der Waals surface area contributed by atoms with Crippen LogP contribution in [0.4, 0.5) is 0 Å². The molecule has 1 atom stereocenters. The van der Waals surface area contributed by atoms with Crippen molar-refractivity contribution in [1.29, 1.82) is 0 Å². The molecule has 0 aromatic heterocycles. The van der Waals surface area contributed by atoms with Gasteiger partial charge in [-0.05, 0) is 25.8 Å². The number of piperidine rings is 1. The number of likely N-dealkylation sites (tertiary alicyclic amines) is 1. The maximum Gasteiger partial charge on any atom is 0.220 e. The number of carbonyl (C=O) groups is 1. The Morgan fingerprint density at radius 1 is 1.67 bits per heavy atom. The smallest absolute Gasteiger partial charge is 0.220 e. The third-order valence-electron chi connectivity index (χ3n) is 2.73. The van der Waals surface area contributed by atoms with Crippen LogP contribution in [-0.4, -0.2) is 36.5 Å². The first-order chi connectivity index (χ1) is 7.26. The van der Waals surface area contributed by atoms with Crippen LogP contribution in [0.15, 0.2) is 12.7 Å². The van der Waals surface area contributed by atoms with Crippen molar-refractivity contribution in [2.45, 2.75) is 38.6 Å². The van der Waals surface area contributed by atoms with Crippen molar-refractivity contribution in [3.8, 4) is 0 Å². The predicted molar refractivity (Wildman–Crippen MR) is 62.7 cm³/mol. The van der Waals surface area contributed by atoms with E-state index in [2.05, 4.69) is 16.8 Å². The zero-order chi connectivity index (χ0) is 11.1. The van der Waals surface area contributed by atoms with Gasteiger partial charge in [-0.1, -0.05) is 13.0 Å². The number of hydrogen-bond acceptors (Lipinski definition) is 2. The summed E-state index contributed by atoms with van der Waals surface area (Å²) in [5, 5.41) is 3.09. The molecule has 3 nitrogen and oxygen atoms in total. The molecule has 1 aliphatic heterocycles. The number of amides is 1. The molecule has 15 heavy (non-hydrogen) atoms. The largest absolute Gasteiger partial charge is 0.352 e. The lowest BCUT2D eigenvalue weighted by Crippen LogP contribution is -2.47. The first-order valence-electron chi connectivity index (χ1n) is 5.89. The molecule has 1 heterocycles. The summed E-state index contributed by atoms with van der Waals surface area (Å²) in [6, 6.07) is 0.345. The molecule has 1 saturated heterocycles. The SMILES string of the molecule is C=CCN1CCCC(NC(=O)CCC)C1. The molecule has 0 aromatic carbocycles. The van der Waals surface area contributed by atoms with E-state index < -0.39 is 0 Å². The molecule has 86 valence electrons. The highest BCUT2D eigenvalue weighted by Crippen LogP contribution is 2.09.